The molecule has 0 unspecified atom stereocenters. The Morgan fingerprint density at radius 3 is 2.30 bits per heavy atom. The number of methoxy groups -OCH3 is 2. The molecule has 2 aromatic heterocycles. The number of hydrogen-bond acceptors (Lipinski definition) is 5. The van der Waals surface area contributed by atoms with Crippen molar-refractivity contribution in [2.75, 3.05) is 14.2 Å². The largest absolute Gasteiger partial charge is 0.497 e. The predicted molar refractivity (Wildman–Crippen MR) is 103 cm³/mol. The van der Waals surface area contributed by atoms with E-state index in [0.717, 1.165) is 39.6 Å². The van der Waals surface area contributed by atoms with Gasteiger partial charge in [0, 0.05) is 23.5 Å². The molecule has 0 N–H and O–H groups in total. The van der Waals surface area contributed by atoms with Crippen LogP contribution in [-0.4, -0.2) is 34.2 Å². The molecule has 0 atom stereocenters. The molecule has 6 heteroatoms. The van der Waals surface area contributed by atoms with Crippen molar-refractivity contribution >= 4 is 0 Å². The van der Waals surface area contributed by atoms with Crippen LogP contribution in [0.3, 0.4) is 0 Å². The highest BCUT2D eigenvalue weighted by atomic mass is 16.5. The predicted octanol–water partition coefficient (Wildman–Crippen LogP) is 4.01. The van der Waals surface area contributed by atoms with Crippen LogP contribution >= 0.6 is 0 Å². The molecule has 2 heterocycles. The summed E-state index contributed by atoms with van der Waals surface area (Å²) in [5.41, 5.74) is 4.71. The maximum absolute atomic E-state index is 5.48. The van der Waals surface area contributed by atoms with Crippen LogP contribution in [0.1, 0.15) is 0 Å². The lowest BCUT2D eigenvalue weighted by Gasteiger charge is -2.11. The number of hydrogen-bond donors (Lipinski definition) is 0. The molecule has 0 amide bonds. The van der Waals surface area contributed by atoms with Crippen molar-refractivity contribution in [3.63, 3.8) is 0 Å². The summed E-state index contributed by atoms with van der Waals surface area (Å²) in [7, 11) is 3.31. The number of benzene rings is 2. The molecular weight excluding hydrogens is 340 g/mol. The normalized spacial score (nSPS) is 10.6. The van der Waals surface area contributed by atoms with E-state index in [4.69, 9.17) is 9.47 Å². The fourth-order valence-electron chi connectivity index (χ4n) is 2.88. The van der Waals surface area contributed by atoms with Gasteiger partial charge in [0.2, 0.25) is 0 Å². The van der Waals surface area contributed by atoms with E-state index in [1.165, 1.54) is 0 Å². The topological polar surface area (TPSA) is 62.1 Å². The summed E-state index contributed by atoms with van der Waals surface area (Å²) in [4.78, 5) is 4.03. The maximum atomic E-state index is 5.48. The highest BCUT2D eigenvalue weighted by Gasteiger charge is 2.09. The Morgan fingerprint density at radius 1 is 0.815 bits per heavy atom. The Bertz CT molecular complexity index is 1040. The van der Waals surface area contributed by atoms with Gasteiger partial charge in [0.05, 0.1) is 26.1 Å². The van der Waals surface area contributed by atoms with Crippen LogP contribution < -0.4 is 9.47 Å². The van der Waals surface area contributed by atoms with Crippen LogP contribution in [0.4, 0.5) is 0 Å². The molecule has 2 aromatic carbocycles. The van der Waals surface area contributed by atoms with E-state index < -0.39 is 0 Å². The Morgan fingerprint density at radius 2 is 1.59 bits per heavy atom. The fourth-order valence-corrected chi connectivity index (χ4v) is 2.88. The van der Waals surface area contributed by atoms with Gasteiger partial charge in [-0.25, -0.2) is 4.68 Å². The molecule has 0 aliphatic heterocycles. The molecule has 0 radical (unpaired) electrons. The van der Waals surface area contributed by atoms with E-state index in [2.05, 4.69) is 15.3 Å². The van der Waals surface area contributed by atoms with Gasteiger partial charge in [-0.15, -0.1) is 5.10 Å². The molecule has 0 aliphatic rings. The van der Waals surface area contributed by atoms with Crippen molar-refractivity contribution in [1.29, 1.82) is 0 Å². The number of ether oxygens (including phenoxy) is 2. The standard InChI is InChI=1S/C21H18N4O2/c1-26-18-7-8-21(27-2)19(13-18)15-3-5-17(6-4-15)25-14-20(23-24-25)16-9-11-22-12-10-16/h3-14H,1-2H3. The zero-order valence-corrected chi connectivity index (χ0v) is 15.0. The first kappa shape index (κ1) is 16.8. The first-order valence-corrected chi connectivity index (χ1v) is 8.44. The minimum Gasteiger partial charge on any atom is -0.497 e. The summed E-state index contributed by atoms with van der Waals surface area (Å²) >= 11 is 0. The third-order valence-electron chi connectivity index (χ3n) is 4.32. The first-order chi connectivity index (χ1) is 13.3. The summed E-state index contributed by atoms with van der Waals surface area (Å²) in [5, 5.41) is 8.47. The minimum atomic E-state index is 0.785. The van der Waals surface area contributed by atoms with E-state index in [-0.39, 0.29) is 0 Å². The Hall–Kier alpha value is -3.67. The summed E-state index contributed by atoms with van der Waals surface area (Å²) in [6, 6.07) is 17.6. The molecule has 4 rings (SSSR count). The Labute approximate surface area is 157 Å². The second-order valence-corrected chi connectivity index (χ2v) is 5.90. The average Bonchev–Trinajstić information content (AvgIpc) is 3.24. The second kappa shape index (κ2) is 7.29. The lowest BCUT2D eigenvalue weighted by atomic mass is 10.0. The van der Waals surface area contributed by atoms with Gasteiger partial charge in [0.25, 0.3) is 0 Å². The van der Waals surface area contributed by atoms with Crippen LogP contribution in [0.25, 0.3) is 28.1 Å². The molecular formula is C21H18N4O2. The van der Waals surface area contributed by atoms with Crippen LogP contribution in [0.5, 0.6) is 11.5 Å². The molecule has 4 aromatic rings. The zero-order valence-electron chi connectivity index (χ0n) is 15.0. The summed E-state index contributed by atoms with van der Waals surface area (Å²) in [6.07, 6.45) is 5.38. The highest BCUT2D eigenvalue weighted by molar-refractivity contribution is 5.72. The second-order valence-electron chi connectivity index (χ2n) is 5.90. The molecule has 0 aliphatic carbocycles. The SMILES string of the molecule is COc1ccc(OC)c(-c2ccc(-n3cc(-c4ccncc4)nn3)cc2)c1. The van der Waals surface area contributed by atoms with Crippen molar-refractivity contribution in [1.82, 2.24) is 20.0 Å². The summed E-state index contributed by atoms with van der Waals surface area (Å²) in [5.74, 6) is 1.58. The zero-order chi connectivity index (χ0) is 18.6. The van der Waals surface area contributed by atoms with Crippen LogP contribution in [0.2, 0.25) is 0 Å². The van der Waals surface area contributed by atoms with Crippen LogP contribution in [0, 0.1) is 0 Å². The molecule has 134 valence electrons. The van der Waals surface area contributed by atoms with E-state index in [1.807, 2.05) is 60.8 Å². The van der Waals surface area contributed by atoms with Gasteiger partial charge >= 0.3 is 0 Å². The molecule has 0 fully saturated rings. The molecule has 0 bridgehead atoms. The van der Waals surface area contributed by atoms with Gasteiger partial charge in [-0.3, -0.25) is 4.98 Å². The summed E-state index contributed by atoms with van der Waals surface area (Å²) in [6.45, 7) is 0. The van der Waals surface area contributed by atoms with Gasteiger partial charge in [-0.05, 0) is 48.0 Å². The van der Waals surface area contributed by atoms with Crippen LogP contribution in [0.15, 0.2) is 73.2 Å². The third-order valence-corrected chi connectivity index (χ3v) is 4.32. The van der Waals surface area contributed by atoms with Crippen molar-refractivity contribution < 1.29 is 9.47 Å². The quantitative estimate of drug-likeness (QED) is 0.539. The van der Waals surface area contributed by atoms with E-state index in [9.17, 15) is 0 Å². The van der Waals surface area contributed by atoms with Gasteiger partial charge in [-0.1, -0.05) is 17.3 Å². The van der Waals surface area contributed by atoms with E-state index in [0.29, 0.717) is 0 Å². The first-order valence-electron chi connectivity index (χ1n) is 8.44. The number of pyridine rings is 1. The molecule has 0 saturated heterocycles. The molecule has 0 saturated carbocycles. The van der Waals surface area contributed by atoms with Gasteiger partial charge in [0.15, 0.2) is 0 Å². The van der Waals surface area contributed by atoms with Crippen molar-refractivity contribution in [2.45, 2.75) is 0 Å². The van der Waals surface area contributed by atoms with Crippen molar-refractivity contribution in [2.24, 2.45) is 0 Å². The number of aromatic nitrogens is 4. The monoisotopic (exact) mass is 358 g/mol. The van der Waals surface area contributed by atoms with Gasteiger partial charge in [-0.2, -0.15) is 0 Å². The minimum absolute atomic E-state index is 0.785. The van der Waals surface area contributed by atoms with E-state index >= 15 is 0 Å². The Balaban J connectivity index is 1.65. The molecule has 27 heavy (non-hydrogen) atoms. The maximum Gasteiger partial charge on any atom is 0.126 e. The lowest BCUT2D eigenvalue weighted by Crippen LogP contribution is -1.95. The molecule has 6 nitrogen and oxygen atoms in total. The third kappa shape index (κ3) is 3.37. The number of nitrogens with zero attached hydrogens (tertiary/aromatic N) is 4. The Kier molecular flexibility index (Phi) is 4.53. The van der Waals surface area contributed by atoms with Crippen molar-refractivity contribution in [3.05, 3.63) is 73.2 Å². The van der Waals surface area contributed by atoms with Crippen LogP contribution in [-0.2, 0) is 0 Å². The van der Waals surface area contributed by atoms with Gasteiger partial charge in [0.1, 0.15) is 17.2 Å². The summed E-state index contributed by atoms with van der Waals surface area (Å²) < 4.78 is 12.6. The fraction of sp³-hybridized carbons (Fsp3) is 0.0952. The van der Waals surface area contributed by atoms with Gasteiger partial charge < -0.3 is 9.47 Å². The highest BCUT2D eigenvalue weighted by Crippen LogP contribution is 2.33. The average molecular weight is 358 g/mol. The number of rotatable bonds is 5. The van der Waals surface area contributed by atoms with E-state index in [1.54, 1.807) is 31.3 Å². The van der Waals surface area contributed by atoms with Crippen molar-refractivity contribution in [3.8, 4) is 39.6 Å². The molecule has 0 spiro atoms. The smallest absolute Gasteiger partial charge is 0.126 e. The lowest BCUT2D eigenvalue weighted by molar-refractivity contribution is 0.404.